The number of carboxylic acid groups (broad SMARTS) is 1. The Hall–Kier alpha value is -1.96. The molecule has 2 heterocycles. The van der Waals surface area contributed by atoms with Gasteiger partial charge in [0, 0.05) is 31.2 Å². The fourth-order valence-electron chi connectivity index (χ4n) is 13.0. The van der Waals surface area contributed by atoms with Gasteiger partial charge in [-0.05, 0) is 147 Å². The molecule has 7 rings (SSSR count). The lowest BCUT2D eigenvalue weighted by atomic mass is 9.39. The SMILES string of the molecule is C=C(C)C1CCC2(NCCN3CC4CC3CS4(=O)=O)CCC3(C)C(CCC4CCC=C(c5ccc(C(=O)O)cc5)C(C)(C)C(C)CCC43C)C12. The van der Waals surface area contributed by atoms with Crippen LogP contribution < -0.4 is 5.32 Å². The Bertz CT molecular complexity index is 1630. The molecule has 5 fully saturated rings. The van der Waals surface area contributed by atoms with Gasteiger partial charge in [-0.25, -0.2) is 13.2 Å². The average molecular weight is 705 g/mol. The predicted octanol–water partition coefficient (Wildman–Crippen LogP) is 8.64. The zero-order chi connectivity index (χ0) is 35.9. The van der Waals surface area contributed by atoms with Crippen molar-refractivity contribution in [3.8, 4) is 0 Å². The van der Waals surface area contributed by atoms with Crippen LogP contribution in [0.15, 0.2) is 42.5 Å². The summed E-state index contributed by atoms with van der Waals surface area (Å²) < 4.78 is 24.8. The van der Waals surface area contributed by atoms with Crippen molar-refractivity contribution >= 4 is 21.4 Å². The maximum Gasteiger partial charge on any atom is 0.335 e. The highest BCUT2D eigenvalue weighted by Gasteiger charge is 2.65. The number of carboxylic acids is 1. The minimum absolute atomic E-state index is 0.0237. The molecule has 7 heteroatoms. The zero-order valence-corrected chi connectivity index (χ0v) is 32.6. The fraction of sp³-hybridized carbons (Fsp3) is 0.744. The number of nitrogens with zero attached hydrogens (tertiary/aromatic N) is 1. The molecule has 6 nitrogen and oxygen atoms in total. The van der Waals surface area contributed by atoms with E-state index >= 15 is 0 Å². The number of likely N-dealkylation sites (tertiary alicyclic amines) is 1. The molecule has 0 aromatic heterocycles. The first-order valence-electron chi connectivity index (χ1n) is 19.9. The summed E-state index contributed by atoms with van der Waals surface area (Å²) in [6.07, 6.45) is 15.6. The van der Waals surface area contributed by atoms with E-state index in [1.54, 1.807) is 12.1 Å². The van der Waals surface area contributed by atoms with E-state index in [4.69, 9.17) is 0 Å². The molecule has 0 spiro atoms. The highest BCUT2D eigenvalue weighted by atomic mass is 32.2. The van der Waals surface area contributed by atoms with Gasteiger partial charge in [-0.2, -0.15) is 0 Å². The smallest absolute Gasteiger partial charge is 0.335 e. The quantitative estimate of drug-likeness (QED) is 0.277. The van der Waals surface area contributed by atoms with Gasteiger partial charge in [-0.1, -0.05) is 65.0 Å². The third-order valence-electron chi connectivity index (χ3n) is 16.6. The van der Waals surface area contributed by atoms with Crippen LogP contribution >= 0.6 is 0 Å². The maximum atomic E-state index is 12.4. The van der Waals surface area contributed by atoms with Crippen molar-refractivity contribution in [1.82, 2.24) is 10.2 Å². The Labute approximate surface area is 302 Å². The highest BCUT2D eigenvalue weighted by molar-refractivity contribution is 7.92. The van der Waals surface area contributed by atoms with Gasteiger partial charge in [0.2, 0.25) is 0 Å². The van der Waals surface area contributed by atoms with Crippen LogP contribution in [-0.4, -0.2) is 66.6 Å². The van der Waals surface area contributed by atoms with Crippen molar-refractivity contribution in [2.75, 3.05) is 25.4 Å². The molecule has 1 aromatic carbocycles. The van der Waals surface area contributed by atoms with Gasteiger partial charge >= 0.3 is 5.97 Å². The van der Waals surface area contributed by atoms with Crippen LogP contribution in [0.4, 0.5) is 0 Å². The van der Waals surface area contributed by atoms with Crippen LogP contribution in [0.25, 0.3) is 5.57 Å². The Morgan fingerprint density at radius 3 is 2.36 bits per heavy atom. The van der Waals surface area contributed by atoms with E-state index in [0.29, 0.717) is 40.9 Å². The third kappa shape index (κ3) is 5.79. The number of hydrogen-bond donors (Lipinski definition) is 2. The fourth-order valence-corrected chi connectivity index (χ4v) is 15.0. The molecule has 2 N–H and O–H groups in total. The summed E-state index contributed by atoms with van der Waals surface area (Å²) in [7, 11) is -2.87. The number of rotatable bonds is 7. The topological polar surface area (TPSA) is 86.7 Å². The van der Waals surface area contributed by atoms with Crippen molar-refractivity contribution in [2.45, 2.75) is 129 Å². The van der Waals surface area contributed by atoms with Crippen molar-refractivity contribution in [2.24, 2.45) is 45.8 Å². The van der Waals surface area contributed by atoms with Crippen LogP contribution in [0.2, 0.25) is 0 Å². The first-order valence-corrected chi connectivity index (χ1v) is 21.6. The summed E-state index contributed by atoms with van der Waals surface area (Å²) in [4.78, 5) is 14.0. The summed E-state index contributed by atoms with van der Waals surface area (Å²) in [5.41, 5.74) is 4.92. The number of benzene rings is 1. The van der Waals surface area contributed by atoms with E-state index in [1.165, 1.54) is 68.9 Å². The molecule has 2 aliphatic heterocycles. The van der Waals surface area contributed by atoms with Crippen LogP contribution in [-0.2, 0) is 9.84 Å². The van der Waals surface area contributed by atoms with E-state index in [0.717, 1.165) is 38.0 Å². The minimum Gasteiger partial charge on any atom is -0.478 e. The molecule has 6 aliphatic rings. The molecule has 3 saturated carbocycles. The lowest BCUT2D eigenvalue weighted by Crippen LogP contribution is -2.65. The molecular formula is C43H64N2O4S. The van der Waals surface area contributed by atoms with Crippen molar-refractivity contribution in [3.05, 3.63) is 53.6 Å². The molecule has 2 saturated heterocycles. The van der Waals surface area contributed by atoms with Crippen molar-refractivity contribution < 1.29 is 18.3 Å². The van der Waals surface area contributed by atoms with Gasteiger partial charge in [0.15, 0.2) is 9.84 Å². The van der Waals surface area contributed by atoms with Gasteiger partial charge in [0.25, 0.3) is 0 Å². The monoisotopic (exact) mass is 704 g/mol. The Kier molecular flexibility index (Phi) is 9.37. The van der Waals surface area contributed by atoms with Crippen molar-refractivity contribution in [3.63, 3.8) is 0 Å². The Balaban J connectivity index is 1.13. The van der Waals surface area contributed by atoms with Gasteiger partial charge in [0.1, 0.15) is 0 Å². The number of nitrogens with one attached hydrogen (secondary N) is 1. The minimum atomic E-state index is -2.87. The summed E-state index contributed by atoms with van der Waals surface area (Å²) in [5, 5.41) is 13.6. The molecule has 276 valence electrons. The second-order valence-electron chi connectivity index (χ2n) is 18.9. The van der Waals surface area contributed by atoms with Crippen LogP contribution in [0.5, 0.6) is 0 Å². The third-order valence-corrected chi connectivity index (χ3v) is 18.8. The van der Waals surface area contributed by atoms with Crippen LogP contribution in [0.1, 0.15) is 128 Å². The summed E-state index contributed by atoms with van der Waals surface area (Å²) in [6, 6.07) is 7.79. The molecule has 2 bridgehead atoms. The number of hydrogen-bond acceptors (Lipinski definition) is 5. The van der Waals surface area contributed by atoms with Crippen LogP contribution in [0.3, 0.4) is 0 Å². The molecule has 10 unspecified atom stereocenters. The Morgan fingerprint density at radius 1 is 0.980 bits per heavy atom. The lowest BCUT2D eigenvalue weighted by molar-refractivity contribution is -0.159. The second-order valence-corrected chi connectivity index (χ2v) is 21.2. The molecule has 0 radical (unpaired) electrons. The van der Waals surface area contributed by atoms with Gasteiger partial charge in [-0.3, -0.25) is 4.90 Å². The number of aromatic carboxylic acids is 1. The first kappa shape index (κ1) is 36.4. The number of sulfone groups is 1. The highest BCUT2D eigenvalue weighted by Crippen LogP contribution is 2.70. The van der Waals surface area contributed by atoms with Gasteiger partial charge in [0.05, 0.1) is 16.6 Å². The largest absolute Gasteiger partial charge is 0.478 e. The molecular weight excluding hydrogens is 641 g/mol. The van der Waals surface area contributed by atoms with Gasteiger partial charge < -0.3 is 10.4 Å². The number of carbonyl (C=O) groups is 1. The number of fused-ring (bicyclic) bond motifs is 7. The molecule has 10 atom stereocenters. The van der Waals surface area contributed by atoms with E-state index in [2.05, 4.69) is 64.4 Å². The van der Waals surface area contributed by atoms with Gasteiger partial charge in [-0.15, -0.1) is 0 Å². The molecule has 50 heavy (non-hydrogen) atoms. The summed E-state index contributed by atoms with van der Waals surface area (Å²) in [5.74, 6) is 2.51. The van der Waals surface area contributed by atoms with Crippen molar-refractivity contribution in [1.29, 1.82) is 0 Å². The van der Waals surface area contributed by atoms with E-state index in [1.807, 2.05) is 12.1 Å². The van der Waals surface area contributed by atoms with E-state index < -0.39 is 15.8 Å². The molecule has 1 aromatic rings. The zero-order valence-electron chi connectivity index (χ0n) is 31.8. The van der Waals surface area contributed by atoms with E-state index in [-0.39, 0.29) is 33.1 Å². The lowest BCUT2D eigenvalue weighted by Gasteiger charge is -2.66. The Morgan fingerprint density at radius 2 is 1.72 bits per heavy atom. The average Bonchev–Trinajstić information content (AvgIpc) is 3.73. The summed E-state index contributed by atoms with van der Waals surface area (Å²) >= 11 is 0. The normalized spacial score (nSPS) is 42.2. The molecule has 0 amide bonds. The maximum absolute atomic E-state index is 12.4. The number of allylic oxidation sites excluding steroid dienone is 3. The molecule has 4 aliphatic carbocycles. The first-order chi connectivity index (χ1) is 23.5. The second kappa shape index (κ2) is 12.9. The predicted molar refractivity (Wildman–Crippen MR) is 204 cm³/mol. The summed E-state index contributed by atoms with van der Waals surface area (Å²) in [6.45, 7) is 22.2. The standard InChI is InChI=1S/C43H64N2O4S/c1-28(2)35-18-20-43(44-23-24-45-26-34-25-33(45)27-50(34,48)49)22-21-42(7)37(38(35)43)16-15-32-9-8-10-36(30-11-13-31(14-12-30)39(46)47)40(4,5)29(3)17-19-41(32,42)6/h10-14,29,32-35,37-38,44H,1,8-9,15-27H2,2-7H3,(H,46,47). The van der Waals surface area contributed by atoms with Crippen LogP contribution in [0, 0.1) is 45.8 Å². The van der Waals surface area contributed by atoms with E-state index in [9.17, 15) is 18.3 Å².